The highest BCUT2D eigenvalue weighted by molar-refractivity contribution is 6.31. The molecule has 1 aliphatic carbocycles. The van der Waals surface area contributed by atoms with Crippen LogP contribution in [0.5, 0.6) is 0 Å². The molecule has 1 aromatic heterocycles. The number of halogens is 1. The molecule has 0 saturated heterocycles. The van der Waals surface area contributed by atoms with Gasteiger partial charge in [0.2, 0.25) is 0 Å². The fraction of sp³-hybridized carbons (Fsp3) is 0.400. The zero-order valence-electron chi connectivity index (χ0n) is 11.1. The van der Waals surface area contributed by atoms with E-state index in [0.717, 1.165) is 28.4 Å². The number of hydrogen-bond donors (Lipinski definition) is 1. The molecule has 0 spiro atoms. The molecule has 2 N–H and O–H groups in total. The van der Waals surface area contributed by atoms with Gasteiger partial charge in [-0.15, -0.1) is 0 Å². The van der Waals surface area contributed by atoms with Gasteiger partial charge in [0.1, 0.15) is 0 Å². The lowest BCUT2D eigenvalue weighted by Crippen LogP contribution is -2.06. The van der Waals surface area contributed by atoms with Crippen molar-refractivity contribution in [2.45, 2.75) is 32.1 Å². The van der Waals surface area contributed by atoms with E-state index in [1.807, 2.05) is 19.1 Å². The molecule has 4 heteroatoms. The summed E-state index contributed by atoms with van der Waals surface area (Å²) >= 11 is 6.22. The molecule has 1 aromatic carbocycles. The Balaban J connectivity index is 2.09. The Kier molecular flexibility index (Phi) is 3.33. The van der Waals surface area contributed by atoms with Crippen molar-refractivity contribution in [3.63, 3.8) is 0 Å². The quantitative estimate of drug-likeness (QED) is 0.931. The first-order chi connectivity index (χ1) is 9.20. The first-order valence-corrected chi connectivity index (χ1v) is 7.13. The van der Waals surface area contributed by atoms with Crippen LogP contribution in [-0.4, -0.2) is 16.3 Å². The summed E-state index contributed by atoms with van der Waals surface area (Å²) in [6.07, 6.45) is 3.34. The van der Waals surface area contributed by atoms with Crippen LogP contribution in [0.1, 0.15) is 35.7 Å². The Morgan fingerprint density at radius 3 is 2.89 bits per heavy atom. The summed E-state index contributed by atoms with van der Waals surface area (Å²) in [5.41, 5.74) is 10.2. The van der Waals surface area contributed by atoms with E-state index in [-0.39, 0.29) is 0 Å². The van der Waals surface area contributed by atoms with Crippen molar-refractivity contribution in [3.8, 4) is 5.69 Å². The smallest absolute Gasteiger partial charge is 0.0693 e. The fourth-order valence-corrected chi connectivity index (χ4v) is 2.57. The van der Waals surface area contributed by atoms with Crippen LogP contribution >= 0.6 is 11.6 Å². The highest BCUT2D eigenvalue weighted by atomic mass is 35.5. The largest absolute Gasteiger partial charge is 0.330 e. The van der Waals surface area contributed by atoms with Crippen molar-refractivity contribution < 1.29 is 0 Å². The molecule has 0 atom stereocenters. The van der Waals surface area contributed by atoms with Crippen LogP contribution in [0.15, 0.2) is 24.3 Å². The molecule has 0 aliphatic heterocycles. The van der Waals surface area contributed by atoms with Crippen LogP contribution < -0.4 is 5.73 Å². The van der Waals surface area contributed by atoms with Crippen molar-refractivity contribution >= 4 is 11.6 Å². The van der Waals surface area contributed by atoms with Gasteiger partial charge in [-0.2, -0.15) is 5.10 Å². The Morgan fingerprint density at radius 2 is 2.21 bits per heavy atom. The van der Waals surface area contributed by atoms with Crippen LogP contribution in [0.2, 0.25) is 5.02 Å². The standard InChI is InChI=1S/C15H18ClN3/c1-10-13(16)3-2-4-14(10)19-15(11-5-6-11)9-12(18-19)7-8-17/h2-4,9,11H,5-8,17H2,1H3. The van der Waals surface area contributed by atoms with Gasteiger partial charge in [0, 0.05) is 23.1 Å². The third kappa shape index (κ3) is 2.40. The summed E-state index contributed by atoms with van der Waals surface area (Å²) in [5, 5.41) is 5.50. The van der Waals surface area contributed by atoms with Gasteiger partial charge >= 0.3 is 0 Å². The number of nitrogens with zero attached hydrogens (tertiary/aromatic N) is 2. The molecule has 0 bridgehead atoms. The Labute approximate surface area is 118 Å². The number of nitrogens with two attached hydrogens (primary N) is 1. The summed E-state index contributed by atoms with van der Waals surface area (Å²) in [4.78, 5) is 0. The van der Waals surface area contributed by atoms with E-state index in [1.165, 1.54) is 18.5 Å². The van der Waals surface area contributed by atoms with Gasteiger partial charge in [0.05, 0.1) is 11.4 Å². The molecule has 1 aliphatic rings. The lowest BCUT2D eigenvalue weighted by atomic mass is 10.2. The maximum atomic E-state index is 6.22. The molecular formula is C15H18ClN3. The van der Waals surface area contributed by atoms with E-state index in [4.69, 9.17) is 22.4 Å². The number of hydrogen-bond acceptors (Lipinski definition) is 2. The van der Waals surface area contributed by atoms with E-state index in [9.17, 15) is 0 Å². The van der Waals surface area contributed by atoms with Gasteiger partial charge in [0.25, 0.3) is 0 Å². The zero-order valence-corrected chi connectivity index (χ0v) is 11.8. The molecule has 1 heterocycles. The average molecular weight is 276 g/mol. The van der Waals surface area contributed by atoms with E-state index < -0.39 is 0 Å². The highest BCUT2D eigenvalue weighted by Crippen LogP contribution is 2.41. The Bertz CT molecular complexity index is 599. The lowest BCUT2D eigenvalue weighted by molar-refractivity contribution is 0.777. The maximum Gasteiger partial charge on any atom is 0.0693 e. The minimum Gasteiger partial charge on any atom is -0.330 e. The van der Waals surface area contributed by atoms with Crippen molar-refractivity contribution in [1.82, 2.24) is 9.78 Å². The van der Waals surface area contributed by atoms with Crippen LogP contribution in [0.3, 0.4) is 0 Å². The predicted molar refractivity (Wildman–Crippen MR) is 78.0 cm³/mol. The SMILES string of the molecule is Cc1c(Cl)cccc1-n1nc(CCN)cc1C1CC1. The first-order valence-electron chi connectivity index (χ1n) is 6.75. The van der Waals surface area contributed by atoms with Crippen molar-refractivity contribution in [3.05, 3.63) is 46.2 Å². The van der Waals surface area contributed by atoms with Crippen LogP contribution in [-0.2, 0) is 6.42 Å². The fourth-order valence-electron chi connectivity index (χ4n) is 2.41. The molecule has 0 radical (unpaired) electrons. The second-order valence-electron chi connectivity index (χ2n) is 5.17. The van der Waals surface area contributed by atoms with Crippen molar-refractivity contribution in [2.24, 2.45) is 5.73 Å². The summed E-state index contributed by atoms with van der Waals surface area (Å²) < 4.78 is 2.06. The summed E-state index contributed by atoms with van der Waals surface area (Å²) in [6, 6.07) is 8.17. The van der Waals surface area contributed by atoms with Crippen LogP contribution in [0, 0.1) is 6.92 Å². The summed E-state index contributed by atoms with van der Waals surface area (Å²) in [6.45, 7) is 2.67. The van der Waals surface area contributed by atoms with Crippen molar-refractivity contribution in [2.75, 3.05) is 6.54 Å². The summed E-state index contributed by atoms with van der Waals surface area (Å²) in [7, 11) is 0. The third-order valence-electron chi connectivity index (χ3n) is 3.65. The molecule has 0 amide bonds. The van der Waals surface area contributed by atoms with E-state index in [2.05, 4.69) is 16.8 Å². The number of aromatic nitrogens is 2. The third-order valence-corrected chi connectivity index (χ3v) is 4.06. The van der Waals surface area contributed by atoms with Gasteiger partial charge in [0.15, 0.2) is 0 Å². The molecule has 3 rings (SSSR count). The van der Waals surface area contributed by atoms with Crippen molar-refractivity contribution in [1.29, 1.82) is 0 Å². The van der Waals surface area contributed by atoms with E-state index in [1.54, 1.807) is 0 Å². The second-order valence-corrected chi connectivity index (χ2v) is 5.58. The predicted octanol–water partition coefficient (Wildman–Crippen LogP) is 3.21. The Morgan fingerprint density at radius 1 is 1.42 bits per heavy atom. The second kappa shape index (κ2) is 4.99. The molecule has 19 heavy (non-hydrogen) atoms. The van der Waals surface area contributed by atoms with Gasteiger partial charge < -0.3 is 5.73 Å². The first kappa shape index (κ1) is 12.7. The van der Waals surface area contributed by atoms with Gasteiger partial charge in [-0.25, -0.2) is 4.68 Å². The molecule has 3 nitrogen and oxygen atoms in total. The molecule has 2 aromatic rings. The average Bonchev–Trinajstić information content (AvgIpc) is 3.15. The molecular weight excluding hydrogens is 258 g/mol. The van der Waals surface area contributed by atoms with Gasteiger partial charge in [-0.1, -0.05) is 17.7 Å². The molecule has 1 saturated carbocycles. The molecule has 100 valence electrons. The zero-order chi connectivity index (χ0) is 13.4. The maximum absolute atomic E-state index is 6.22. The minimum absolute atomic E-state index is 0.635. The number of benzene rings is 1. The molecule has 1 fully saturated rings. The van der Waals surface area contributed by atoms with Gasteiger partial charge in [-0.3, -0.25) is 0 Å². The van der Waals surface area contributed by atoms with Gasteiger partial charge in [-0.05, 0) is 50.1 Å². The molecule has 0 unspecified atom stereocenters. The topological polar surface area (TPSA) is 43.8 Å². The van der Waals surface area contributed by atoms with E-state index >= 15 is 0 Å². The highest BCUT2D eigenvalue weighted by Gasteiger charge is 2.28. The lowest BCUT2D eigenvalue weighted by Gasteiger charge is -2.10. The summed E-state index contributed by atoms with van der Waals surface area (Å²) in [5.74, 6) is 0.650. The van der Waals surface area contributed by atoms with Crippen LogP contribution in [0.4, 0.5) is 0 Å². The van der Waals surface area contributed by atoms with E-state index in [0.29, 0.717) is 12.5 Å². The monoisotopic (exact) mass is 275 g/mol. The Hall–Kier alpha value is -1.32. The minimum atomic E-state index is 0.635. The number of rotatable bonds is 4. The normalized spacial score (nSPS) is 14.9. The van der Waals surface area contributed by atoms with Crippen LogP contribution in [0.25, 0.3) is 5.69 Å².